The van der Waals surface area contributed by atoms with Crippen LogP contribution in [0, 0.1) is 0 Å². The second kappa shape index (κ2) is 13.6. The number of aromatic amines is 3. The fourth-order valence-electron chi connectivity index (χ4n) is 5.36. The molecule has 0 aliphatic heterocycles. The van der Waals surface area contributed by atoms with Gasteiger partial charge in [0.05, 0.1) is 18.4 Å². The van der Waals surface area contributed by atoms with Gasteiger partial charge < -0.3 is 40.8 Å². The molecule has 0 spiro atoms. The molecule has 0 fully saturated rings. The standard InChI is InChI=1S/C35H29N9O6/c36-35-43-31-30(33(47)44-35)41-21(16-40-31)15-37-20-11-9-19(10-12-20)32(46)42-26(34(48)50-28-18-39-25-8-4-2-6-23(25)28)13-14-29(45)49-27-17-38-24-7-3-1-5-22(24)27/h1-12,16-18,26,37-39H,13-15H2,(H,42,46)(H3,36,40,43,44,47)/t26-/m0/s1. The van der Waals surface area contributed by atoms with Gasteiger partial charge in [0.2, 0.25) is 5.95 Å². The van der Waals surface area contributed by atoms with Crippen molar-refractivity contribution in [3.05, 3.63) is 113 Å². The average Bonchev–Trinajstić information content (AvgIpc) is 3.73. The first-order valence-electron chi connectivity index (χ1n) is 15.5. The number of H-pyrrole nitrogens is 3. The molecule has 0 aliphatic rings. The van der Waals surface area contributed by atoms with Gasteiger partial charge in [-0.2, -0.15) is 4.98 Å². The molecule has 250 valence electrons. The molecule has 1 atom stereocenters. The summed E-state index contributed by atoms with van der Waals surface area (Å²) in [6.07, 6.45) is 4.40. The van der Waals surface area contributed by atoms with Gasteiger partial charge in [-0.15, -0.1) is 0 Å². The number of hydrogen-bond donors (Lipinski definition) is 6. The van der Waals surface area contributed by atoms with Gasteiger partial charge in [0, 0.05) is 51.9 Å². The highest BCUT2D eigenvalue weighted by molar-refractivity contribution is 5.98. The molecule has 3 aromatic carbocycles. The summed E-state index contributed by atoms with van der Waals surface area (Å²) in [5, 5.41) is 7.31. The minimum Gasteiger partial charge on any atom is -0.424 e. The maximum absolute atomic E-state index is 13.5. The average molecular weight is 672 g/mol. The molecule has 50 heavy (non-hydrogen) atoms. The number of nitrogen functional groups attached to an aromatic ring is 1. The molecule has 15 nitrogen and oxygen atoms in total. The van der Waals surface area contributed by atoms with Crippen LogP contribution in [0.25, 0.3) is 33.0 Å². The molecular weight excluding hydrogens is 642 g/mol. The molecule has 7 rings (SSSR count). The molecule has 4 aromatic heterocycles. The number of ether oxygens (including phenoxy) is 2. The lowest BCUT2D eigenvalue weighted by molar-refractivity contribution is -0.137. The first-order valence-corrected chi connectivity index (χ1v) is 15.5. The number of aromatic nitrogens is 6. The van der Waals surface area contributed by atoms with Gasteiger partial charge in [-0.25, -0.2) is 14.8 Å². The first-order chi connectivity index (χ1) is 24.3. The van der Waals surface area contributed by atoms with Crippen molar-refractivity contribution in [1.29, 1.82) is 0 Å². The summed E-state index contributed by atoms with van der Waals surface area (Å²) in [6, 6.07) is 20.0. The van der Waals surface area contributed by atoms with Crippen molar-refractivity contribution in [2.45, 2.75) is 25.4 Å². The van der Waals surface area contributed by atoms with E-state index in [0.29, 0.717) is 28.3 Å². The highest BCUT2D eigenvalue weighted by Crippen LogP contribution is 2.27. The third-order valence-corrected chi connectivity index (χ3v) is 7.88. The van der Waals surface area contributed by atoms with Crippen LogP contribution in [0.15, 0.2) is 96.2 Å². The number of carbonyl (C=O) groups excluding carboxylic acids is 3. The van der Waals surface area contributed by atoms with E-state index < -0.39 is 29.4 Å². The van der Waals surface area contributed by atoms with Crippen LogP contribution in [0.5, 0.6) is 11.5 Å². The van der Waals surface area contributed by atoms with Gasteiger partial charge in [-0.1, -0.05) is 24.3 Å². The number of nitrogens with two attached hydrogens (primary N) is 1. The Labute approximate surface area is 282 Å². The van der Waals surface area contributed by atoms with Crippen LogP contribution in [0.3, 0.4) is 0 Å². The number of para-hydroxylation sites is 2. The van der Waals surface area contributed by atoms with Crippen LogP contribution in [0.2, 0.25) is 0 Å². The molecule has 0 radical (unpaired) electrons. The number of rotatable bonds is 11. The van der Waals surface area contributed by atoms with Crippen LogP contribution in [0.1, 0.15) is 28.9 Å². The topological polar surface area (TPSA) is 223 Å². The Kier molecular flexibility index (Phi) is 8.59. The largest absolute Gasteiger partial charge is 0.424 e. The Hall–Kier alpha value is -7.03. The monoisotopic (exact) mass is 671 g/mol. The molecule has 0 saturated carbocycles. The van der Waals surface area contributed by atoms with E-state index in [1.54, 1.807) is 42.7 Å². The fraction of sp³-hybridized carbons (Fsp3) is 0.114. The van der Waals surface area contributed by atoms with Gasteiger partial charge in [0.1, 0.15) is 6.04 Å². The molecule has 0 unspecified atom stereocenters. The van der Waals surface area contributed by atoms with E-state index in [9.17, 15) is 19.2 Å². The number of amides is 1. The fourth-order valence-corrected chi connectivity index (χ4v) is 5.36. The summed E-state index contributed by atoms with van der Waals surface area (Å²) in [4.78, 5) is 72.8. The Morgan fingerprint density at radius 3 is 2.20 bits per heavy atom. The first kappa shape index (κ1) is 31.6. The molecule has 1 amide bonds. The zero-order chi connectivity index (χ0) is 34.6. The highest BCUT2D eigenvalue weighted by Gasteiger charge is 2.26. The van der Waals surface area contributed by atoms with E-state index in [-0.39, 0.29) is 42.1 Å². The van der Waals surface area contributed by atoms with E-state index in [4.69, 9.17) is 15.2 Å². The third-order valence-electron chi connectivity index (χ3n) is 7.88. The molecule has 0 saturated heterocycles. The molecule has 7 N–H and O–H groups in total. The molecule has 0 bridgehead atoms. The maximum atomic E-state index is 13.5. The number of esters is 2. The van der Waals surface area contributed by atoms with E-state index in [2.05, 4.69) is 40.5 Å². The van der Waals surface area contributed by atoms with Crippen LogP contribution >= 0.6 is 0 Å². The lowest BCUT2D eigenvalue weighted by atomic mass is 10.1. The summed E-state index contributed by atoms with van der Waals surface area (Å²) >= 11 is 0. The van der Waals surface area contributed by atoms with Gasteiger partial charge in [0.15, 0.2) is 22.7 Å². The highest BCUT2D eigenvalue weighted by atomic mass is 16.5. The minimum absolute atomic E-state index is 0.0479. The number of hydrogen-bond acceptors (Lipinski definition) is 11. The lowest BCUT2D eigenvalue weighted by Crippen LogP contribution is -2.43. The zero-order valence-corrected chi connectivity index (χ0v) is 26.2. The summed E-state index contributed by atoms with van der Waals surface area (Å²) in [7, 11) is 0. The van der Waals surface area contributed by atoms with E-state index in [1.165, 1.54) is 6.20 Å². The molecule has 0 aliphatic carbocycles. The summed E-state index contributed by atoms with van der Waals surface area (Å²) in [6.45, 7) is 0.231. The quantitative estimate of drug-likeness (QED) is 0.108. The van der Waals surface area contributed by atoms with Crippen molar-refractivity contribution in [2.24, 2.45) is 0 Å². The number of nitrogens with zero attached hydrogens (tertiary/aromatic N) is 3. The Bertz CT molecular complexity index is 2430. The normalized spacial score (nSPS) is 11.8. The molecule has 4 heterocycles. The number of fused-ring (bicyclic) bond motifs is 3. The van der Waals surface area contributed by atoms with Gasteiger partial charge in [0.25, 0.3) is 5.91 Å². The van der Waals surface area contributed by atoms with Crippen molar-refractivity contribution < 1.29 is 23.9 Å². The SMILES string of the molecule is Nc1nc(=O)c2nc(CNc3ccc(C(=O)N[C@@H](CCC(=O)Oc4c[nH]c5ccccc45)C(=O)Oc4c[nH]c5ccccc45)cc3)cnc2[nH]1. The van der Waals surface area contributed by atoms with Crippen LogP contribution in [0.4, 0.5) is 11.6 Å². The number of carbonyl (C=O) groups is 3. The Balaban J connectivity index is 1.02. The van der Waals surface area contributed by atoms with Crippen molar-refractivity contribution in [2.75, 3.05) is 11.1 Å². The van der Waals surface area contributed by atoms with Crippen LogP contribution < -0.4 is 31.4 Å². The van der Waals surface area contributed by atoms with Crippen molar-refractivity contribution >= 4 is 62.5 Å². The lowest BCUT2D eigenvalue weighted by Gasteiger charge is -2.17. The predicted octanol–water partition coefficient (Wildman–Crippen LogP) is 3.96. The molecule has 7 aromatic rings. The third kappa shape index (κ3) is 6.82. The maximum Gasteiger partial charge on any atom is 0.334 e. The van der Waals surface area contributed by atoms with E-state index >= 15 is 0 Å². The summed E-state index contributed by atoms with van der Waals surface area (Å²) in [5.74, 6) is -1.26. The second-order valence-corrected chi connectivity index (χ2v) is 11.3. The Morgan fingerprint density at radius 2 is 1.50 bits per heavy atom. The summed E-state index contributed by atoms with van der Waals surface area (Å²) < 4.78 is 11.3. The number of anilines is 2. The van der Waals surface area contributed by atoms with Gasteiger partial charge >= 0.3 is 17.5 Å². The van der Waals surface area contributed by atoms with Crippen LogP contribution in [-0.2, 0) is 16.1 Å². The summed E-state index contributed by atoms with van der Waals surface area (Å²) in [5.41, 5.74) is 8.26. The molecule has 15 heteroatoms. The number of benzene rings is 3. The molecular formula is C35H29N9O6. The minimum atomic E-state index is -1.18. The van der Waals surface area contributed by atoms with Crippen molar-refractivity contribution in [1.82, 2.24) is 35.2 Å². The predicted molar refractivity (Wildman–Crippen MR) is 184 cm³/mol. The van der Waals surface area contributed by atoms with E-state index in [1.807, 2.05) is 42.5 Å². The van der Waals surface area contributed by atoms with E-state index in [0.717, 1.165) is 16.4 Å². The van der Waals surface area contributed by atoms with Crippen molar-refractivity contribution in [3.8, 4) is 11.5 Å². The number of nitrogens with one attached hydrogen (secondary N) is 5. The Morgan fingerprint density at radius 1 is 0.840 bits per heavy atom. The second-order valence-electron chi connectivity index (χ2n) is 11.3. The van der Waals surface area contributed by atoms with Crippen molar-refractivity contribution in [3.63, 3.8) is 0 Å². The van der Waals surface area contributed by atoms with Crippen LogP contribution in [-0.4, -0.2) is 53.8 Å². The zero-order valence-electron chi connectivity index (χ0n) is 26.2. The smallest absolute Gasteiger partial charge is 0.334 e. The van der Waals surface area contributed by atoms with Gasteiger partial charge in [-0.3, -0.25) is 14.4 Å². The van der Waals surface area contributed by atoms with Gasteiger partial charge in [-0.05, 0) is 55.0 Å².